The zero-order chi connectivity index (χ0) is 17.2. The molecule has 0 aromatic heterocycles. The SMILES string of the molecule is CCCc1ccc(COC2CCC(/C=C/C=C(\F)C#N)CC2)cc1. The van der Waals surface area contributed by atoms with Crippen molar-refractivity contribution in [2.24, 2.45) is 5.92 Å². The van der Waals surface area contributed by atoms with Gasteiger partial charge in [0.25, 0.3) is 0 Å². The van der Waals surface area contributed by atoms with E-state index in [0.717, 1.165) is 32.1 Å². The van der Waals surface area contributed by atoms with E-state index in [2.05, 4.69) is 31.2 Å². The van der Waals surface area contributed by atoms with Crippen molar-refractivity contribution in [1.29, 1.82) is 5.26 Å². The number of ether oxygens (including phenoxy) is 1. The van der Waals surface area contributed by atoms with Gasteiger partial charge in [-0.05, 0) is 55.2 Å². The Bertz CT molecular complexity index is 589. The van der Waals surface area contributed by atoms with Crippen molar-refractivity contribution in [3.8, 4) is 6.07 Å². The molecule has 2 rings (SSSR count). The fourth-order valence-corrected chi connectivity index (χ4v) is 3.09. The van der Waals surface area contributed by atoms with E-state index in [4.69, 9.17) is 10.00 Å². The Balaban J connectivity index is 1.70. The minimum atomic E-state index is -0.742. The van der Waals surface area contributed by atoms with Gasteiger partial charge in [-0.1, -0.05) is 49.8 Å². The molecule has 0 aliphatic heterocycles. The van der Waals surface area contributed by atoms with Crippen LogP contribution in [0.3, 0.4) is 0 Å². The minimum Gasteiger partial charge on any atom is -0.374 e. The maximum absolute atomic E-state index is 12.7. The smallest absolute Gasteiger partial charge is 0.199 e. The summed E-state index contributed by atoms with van der Waals surface area (Å²) in [6, 6.07) is 10.2. The summed E-state index contributed by atoms with van der Waals surface area (Å²) < 4.78 is 18.7. The van der Waals surface area contributed by atoms with E-state index in [0.29, 0.717) is 18.6 Å². The van der Waals surface area contributed by atoms with E-state index in [9.17, 15) is 4.39 Å². The highest BCUT2D eigenvalue weighted by Gasteiger charge is 2.19. The van der Waals surface area contributed by atoms with E-state index >= 15 is 0 Å². The zero-order valence-corrected chi connectivity index (χ0v) is 14.4. The molecule has 3 heteroatoms. The second-order valence-corrected chi connectivity index (χ2v) is 6.43. The zero-order valence-electron chi connectivity index (χ0n) is 14.4. The summed E-state index contributed by atoms with van der Waals surface area (Å²) in [5, 5.41) is 8.36. The van der Waals surface area contributed by atoms with Gasteiger partial charge >= 0.3 is 0 Å². The maximum atomic E-state index is 12.7. The predicted octanol–water partition coefficient (Wildman–Crippen LogP) is 5.65. The second kappa shape index (κ2) is 10.1. The van der Waals surface area contributed by atoms with Gasteiger partial charge in [0.05, 0.1) is 12.7 Å². The van der Waals surface area contributed by atoms with Crippen LogP contribution in [0.25, 0.3) is 0 Å². The van der Waals surface area contributed by atoms with Crippen molar-refractivity contribution in [1.82, 2.24) is 0 Å². The van der Waals surface area contributed by atoms with E-state index in [1.807, 2.05) is 6.08 Å². The van der Waals surface area contributed by atoms with Gasteiger partial charge in [-0.3, -0.25) is 0 Å². The van der Waals surface area contributed by atoms with Crippen LogP contribution in [0.15, 0.2) is 48.3 Å². The molecule has 0 heterocycles. The Morgan fingerprint density at radius 2 is 1.88 bits per heavy atom. The van der Waals surface area contributed by atoms with Crippen LogP contribution in [0.5, 0.6) is 0 Å². The fraction of sp³-hybridized carbons (Fsp3) is 0.476. The lowest BCUT2D eigenvalue weighted by atomic mass is 9.87. The average molecular weight is 327 g/mol. The number of hydrogen-bond acceptors (Lipinski definition) is 2. The van der Waals surface area contributed by atoms with Crippen molar-refractivity contribution in [3.05, 3.63) is 59.4 Å². The van der Waals surface area contributed by atoms with Gasteiger partial charge in [0.2, 0.25) is 0 Å². The summed E-state index contributed by atoms with van der Waals surface area (Å²) in [4.78, 5) is 0. The molecule has 1 fully saturated rings. The van der Waals surface area contributed by atoms with Crippen LogP contribution in [0.4, 0.5) is 4.39 Å². The molecule has 0 unspecified atom stereocenters. The van der Waals surface area contributed by atoms with Gasteiger partial charge in [-0.15, -0.1) is 0 Å². The first kappa shape index (κ1) is 18.4. The molecule has 0 N–H and O–H groups in total. The number of nitrogens with zero attached hydrogens (tertiary/aromatic N) is 1. The number of allylic oxidation sites excluding steroid dienone is 4. The quantitative estimate of drug-likeness (QED) is 0.479. The van der Waals surface area contributed by atoms with Crippen LogP contribution in [0, 0.1) is 17.2 Å². The predicted molar refractivity (Wildman–Crippen MR) is 94.9 cm³/mol. The Morgan fingerprint density at radius 1 is 1.21 bits per heavy atom. The van der Waals surface area contributed by atoms with Crippen LogP contribution in [-0.2, 0) is 17.8 Å². The van der Waals surface area contributed by atoms with Crippen LogP contribution >= 0.6 is 0 Å². The van der Waals surface area contributed by atoms with Gasteiger partial charge in [-0.25, -0.2) is 0 Å². The van der Waals surface area contributed by atoms with Crippen molar-refractivity contribution in [2.75, 3.05) is 0 Å². The first-order chi connectivity index (χ1) is 11.7. The van der Waals surface area contributed by atoms with Crippen LogP contribution in [0.1, 0.15) is 50.2 Å². The number of aryl methyl sites for hydroxylation is 1. The van der Waals surface area contributed by atoms with Gasteiger partial charge in [0.15, 0.2) is 5.83 Å². The first-order valence-electron chi connectivity index (χ1n) is 8.84. The summed E-state index contributed by atoms with van der Waals surface area (Å²) in [7, 11) is 0. The minimum absolute atomic E-state index is 0.316. The number of benzene rings is 1. The van der Waals surface area contributed by atoms with Gasteiger partial charge in [-0.2, -0.15) is 9.65 Å². The van der Waals surface area contributed by atoms with Crippen LogP contribution in [0.2, 0.25) is 0 Å². The monoisotopic (exact) mass is 327 g/mol. The maximum Gasteiger partial charge on any atom is 0.199 e. The van der Waals surface area contributed by atoms with Gasteiger partial charge in [0, 0.05) is 0 Å². The topological polar surface area (TPSA) is 33.0 Å². The third-order valence-electron chi connectivity index (χ3n) is 4.50. The molecule has 1 aromatic rings. The lowest BCUT2D eigenvalue weighted by molar-refractivity contribution is 0.0110. The van der Waals surface area contributed by atoms with Crippen molar-refractivity contribution < 1.29 is 9.13 Å². The van der Waals surface area contributed by atoms with Gasteiger partial charge < -0.3 is 4.74 Å². The molecule has 0 atom stereocenters. The first-order valence-corrected chi connectivity index (χ1v) is 8.84. The highest BCUT2D eigenvalue weighted by atomic mass is 19.1. The molecule has 1 aliphatic rings. The molecule has 1 aromatic carbocycles. The van der Waals surface area contributed by atoms with Gasteiger partial charge in [0.1, 0.15) is 6.07 Å². The molecular weight excluding hydrogens is 301 g/mol. The molecule has 0 saturated heterocycles. The van der Waals surface area contributed by atoms with E-state index in [1.54, 1.807) is 6.08 Å². The second-order valence-electron chi connectivity index (χ2n) is 6.43. The third-order valence-corrected chi connectivity index (χ3v) is 4.50. The number of nitriles is 1. The highest BCUT2D eigenvalue weighted by molar-refractivity contribution is 5.22. The molecule has 0 amide bonds. The number of hydrogen-bond donors (Lipinski definition) is 0. The summed E-state index contributed by atoms with van der Waals surface area (Å²) in [5.74, 6) is -0.283. The lowest BCUT2D eigenvalue weighted by Gasteiger charge is -2.26. The van der Waals surface area contributed by atoms with Crippen molar-refractivity contribution >= 4 is 0 Å². The molecule has 1 saturated carbocycles. The van der Waals surface area contributed by atoms with E-state index in [-0.39, 0.29) is 0 Å². The van der Waals surface area contributed by atoms with Crippen molar-refractivity contribution in [2.45, 2.75) is 58.2 Å². The average Bonchev–Trinajstić information content (AvgIpc) is 2.62. The van der Waals surface area contributed by atoms with Crippen LogP contribution < -0.4 is 0 Å². The number of rotatable bonds is 7. The number of halogens is 1. The Morgan fingerprint density at radius 3 is 2.50 bits per heavy atom. The summed E-state index contributed by atoms with van der Waals surface area (Å²) in [6.07, 6.45) is 11.7. The Labute approximate surface area is 144 Å². The molecule has 0 spiro atoms. The molecule has 2 nitrogen and oxygen atoms in total. The highest BCUT2D eigenvalue weighted by Crippen LogP contribution is 2.27. The van der Waals surface area contributed by atoms with Crippen LogP contribution in [-0.4, -0.2) is 6.10 Å². The lowest BCUT2D eigenvalue weighted by Crippen LogP contribution is -2.20. The van der Waals surface area contributed by atoms with Crippen molar-refractivity contribution in [3.63, 3.8) is 0 Å². The normalized spacial score (nSPS) is 21.8. The van der Waals surface area contributed by atoms with E-state index in [1.165, 1.54) is 29.7 Å². The molecule has 24 heavy (non-hydrogen) atoms. The summed E-state index contributed by atoms with van der Waals surface area (Å²) in [5.41, 5.74) is 2.62. The summed E-state index contributed by atoms with van der Waals surface area (Å²) in [6.45, 7) is 2.87. The Kier molecular flexibility index (Phi) is 7.71. The largest absolute Gasteiger partial charge is 0.374 e. The molecule has 0 bridgehead atoms. The Hall–Kier alpha value is -1.92. The van der Waals surface area contributed by atoms with E-state index < -0.39 is 5.83 Å². The fourth-order valence-electron chi connectivity index (χ4n) is 3.09. The molecular formula is C21H26FNO. The third kappa shape index (κ3) is 6.29. The molecule has 1 aliphatic carbocycles. The molecule has 0 radical (unpaired) electrons. The summed E-state index contributed by atoms with van der Waals surface area (Å²) >= 11 is 0. The molecule has 128 valence electrons. The standard InChI is InChI=1S/C21H26FNO/c1-2-4-17-7-9-19(10-8-17)16-24-21-13-11-18(12-14-21)5-3-6-20(22)15-23/h3,5-10,18,21H,2,4,11-14,16H2,1H3/b5-3+,20-6-.